The zero-order valence-electron chi connectivity index (χ0n) is 12.3. The standard InChI is InChI=1S/C14H30OSi/c1-8-10-13(11-9-2)12-15-16(6,7)14(3,4)5/h8,10,13H,9,11-12H2,1-7H3/b10-8+/t13-/m1/s1. The summed E-state index contributed by atoms with van der Waals surface area (Å²) >= 11 is 0. The lowest BCUT2D eigenvalue weighted by molar-refractivity contribution is 0.244. The lowest BCUT2D eigenvalue weighted by Crippen LogP contribution is -2.41. The van der Waals surface area contributed by atoms with Crippen molar-refractivity contribution in [3.63, 3.8) is 0 Å². The number of hydrogen-bond acceptors (Lipinski definition) is 1. The maximum Gasteiger partial charge on any atom is 0.192 e. The van der Waals surface area contributed by atoms with Gasteiger partial charge in [0.2, 0.25) is 0 Å². The van der Waals surface area contributed by atoms with Gasteiger partial charge in [0, 0.05) is 6.61 Å². The number of allylic oxidation sites excluding steroid dienone is 1. The van der Waals surface area contributed by atoms with Crippen LogP contribution < -0.4 is 0 Å². The zero-order chi connectivity index (χ0) is 12.8. The molecule has 0 amide bonds. The molecule has 0 radical (unpaired) electrons. The van der Waals surface area contributed by atoms with E-state index in [1.165, 1.54) is 12.8 Å². The van der Waals surface area contributed by atoms with E-state index in [0.29, 0.717) is 11.0 Å². The van der Waals surface area contributed by atoms with E-state index in [2.05, 4.69) is 59.9 Å². The van der Waals surface area contributed by atoms with E-state index in [1.807, 2.05) is 0 Å². The van der Waals surface area contributed by atoms with E-state index >= 15 is 0 Å². The van der Waals surface area contributed by atoms with Gasteiger partial charge >= 0.3 is 0 Å². The largest absolute Gasteiger partial charge is 0.416 e. The van der Waals surface area contributed by atoms with Crippen LogP contribution in [0.15, 0.2) is 12.2 Å². The molecule has 0 saturated heterocycles. The van der Waals surface area contributed by atoms with Crippen LogP contribution in [0.4, 0.5) is 0 Å². The Labute approximate surface area is 103 Å². The minimum Gasteiger partial charge on any atom is -0.416 e. The van der Waals surface area contributed by atoms with Gasteiger partial charge in [-0.15, -0.1) is 0 Å². The summed E-state index contributed by atoms with van der Waals surface area (Å²) < 4.78 is 6.25. The molecule has 96 valence electrons. The highest BCUT2D eigenvalue weighted by Gasteiger charge is 2.37. The van der Waals surface area contributed by atoms with Crippen LogP contribution in [-0.2, 0) is 4.43 Å². The monoisotopic (exact) mass is 242 g/mol. The van der Waals surface area contributed by atoms with Crippen molar-refractivity contribution < 1.29 is 4.43 Å². The first-order chi connectivity index (χ1) is 7.24. The van der Waals surface area contributed by atoms with Crippen LogP contribution in [0, 0.1) is 5.92 Å². The fourth-order valence-electron chi connectivity index (χ4n) is 1.41. The van der Waals surface area contributed by atoms with E-state index in [-0.39, 0.29) is 0 Å². The van der Waals surface area contributed by atoms with Crippen molar-refractivity contribution in [1.82, 2.24) is 0 Å². The summed E-state index contributed by atoms with van der Waals surface area (Å²) in [5, 5.41) is 0.319. The third-order valence-corrected chi connectivity index (χ3v) is 8.09. The lowest BCUT2D eigenvalue weighted by Gasteiger charge is -2.37. The molecular formula is C14H30OSi. The fraction of sp³-hybridized carbons (Fsp3) is 0.857. The number of rotatable bonds is 6. The predicted octanol–water partition coefficient (Wildman–Crippen LogP) is 5.00. The second kappa shape index (κ2) is 6.60. The van der Waals surface area contributed by atoms with E-state index < -0.39 is 8.32 Å². The quantitative estimate of drug-likeness (QED) is 0.470. The summed E-state index contributed by atoms with van der Waals surface area (Å²) in [7, 11) is -1.56. The second-order valence-corrected chi connectivity index (χ2v) is 11.0. The molecule has 0 fully saturated rings. The molecule has 0 aromatic heterocycles. The van der Waals surface area contributed by atoms with Gasteiger partial charge in [-0.3, -0.25) is 0 Å². The minimum absolute atomic E-state index is 0.319. The Hall–Kier alpha value is -0.0831. The van der Waals surface area contributed by atoms with Crippen LogP contribution in [0.25, 0.3) is 0 Å². The molecule has 0 rings (SSSR count). The Morgan fingerprint density at radius 2 is 1.81 bits per heavy atom. The molecule has 0 bridgehead atoms. The van der Waals surface area contributed by atoms with Crippen molar-refractivity contribution in [1.29, 1.82) is 0 Å². The third kappa shape index (κ3) is 5.31. The first kappa shape index (κ1) is 15.9. The van der Waals surface area contributed by atoms with Gasteiger partial charge in [0.1, 0.15) is 0 Å². The lowest BCUT2D eigenvalue weighted by atomic mass is 10.1. The molecule has 1 atom stereocenters. The molecule has 0 aliphatic rings. The Bertz CT molecular complexity index is 213. The molecule has 0 aromatic carbocycles. The number of hydrogen-bond donors (Lipinski definition) is 0. The van der Waals surface area contributed by atoms with Crippen molar-refractivity contribution in [2.75, 3.05) is 6.61 Å². The zero-order valence-corrected chi connectivity index (χ0v) is 13.3. The predicted molar refractivity (Wildman–Crippen MR) is 76.4 cm³/mol. The maximum atomic E-state index is 6.25. The topological polar surface area (TPSA) is 9.23 Å². The summed E-state index contributed by atoms with van der Waals surface area (Å²) in [6.45, 7) is 16.8. The smallest absolute Gasteiger partial charge is 0.192 e. The van der Waals surface area contributed by atoms with Gasteiger partial charge in [-0.05, 0) is 37.4 Å². The highest BCUT2D eigenvalue weighted by Crippen LogP contribution is 2.36. The Morgan fingerprint density at radius 3 is 2.19 bits per heavy atom. The van der Waals surface area contributed by atoms with Crippen molar-refractivity contribution >= 4 is 8.32 Å². The summed E-state index contributed by atoms with van der Waals surface area (Å²) in [5.74, 6) is 0.601. The summed E-state index contributed by atoms with van der Waals surface area (Å²) in [6.07, 6.45) is 6.90. The highest BCUT2D eigenvalue weighted by molar-refractivity contribution is 6.74. The highest BCUT2D eigenvalue weighted by atomic mass is 28.4. The van der Waals surface area contributed by atoms with Crippen LogP contribution in [-0.4, -0.2) is 14.9 Å². The van der Waals surface area contributed by atoms with E-state index in [0.717, 1.165) is 6.61 Å². The van der Waals surface area contributed by atoms with Crippen molar-refractivity contribution in [2.24, 2.45) is 5.92 Å². The Balaban J connectivity index is 4.29. The Kier molecular flexibility index (Phi) is 6.57. The fourth-order valence-corrected chi connectivity index (χ4v) is 2.47. The molecule has 1 nitrogen and oxygen atoms in total. The summed E-state index contributed by atoms with van der Waals surface area (Å²) in [5.41, 5.74) is 0. The molecule has 0 aromatic rings. The molecule has 16 heavy (non-hydrogen) atoms. The van der Waals surface area contributed by atoms with E-state index in [1.54, 1.807) is 0 Å². The van der Waals surface area contributed by atoms with Crippen LogP contribution in [0.2, 0.25) is 18.1 Å². The van der Waals surface area contributed by atoms with Crippen molar-refractivity contribution in [3.8, 4) is 0 Å². The average Bonchev–Trinajstić information content (AvgIpc) is 2.13. The summed E-state index contributed by atoms with van der Waals surface area (Å²) in [6, 6.07) is 0. The van der Waals surface area contributed by atoms with Crippen LogP contribution in [0.5, 0.6) is 0 Å². The third-order valence-electron chi connectivity index (χ3n) is 3.59. The van der Waals surface area contributed by atoms with Crippen molar-refractivity contribution in [3.05, 3.63) is 12.2 Å². The Morgan fingerprint density at radius 1 is 1.25 bits per heavy atom. The van der Waals surface area contributed by atoms with Crippen molar-refractivity contribution in [2.45, 2.75) is 65.6 Å². The molecule has 0 N–H and O–H groups in total. The first-order valence-corrected chi connectivity index (χ1v) is 9.42. The van der Waals surface area contributed by atoms with Gasteiger partial charge in [-0.1, -0.05) is 46.3 Å². The van der Waals surface area contributed by atoms with Gasteiger partial charge in [0.15, 0.2) is 8.32 Å². The van der Waals surface area contributed by atoms with Crippen LogP contribution >= 0.6 is 0 Å². The SMILES string of the molecule is C/C=C/[C@H](CCC)CO[Si](C)(C)C(C)(C)C. The molecule has 0 spiro atoms. The van der Waals surface area contributed by atoms with Crippen LogP contribution in [0.3, 0.4) is 0 Å². The van der Waals surface area contributed by atoms with Gasteiger partial charge in [-0.2, -0.15) is 0 Å². The maximum absolute atomic E-state index is 6.25. The average molecular weight is 242 g/mol. The van der Waals surface area contributed by atoms with E-state index in [9.17, 15) is 0 Å². The first-order valence-electron chi connectivity index (χ1n) is 6.51. The van der Waals surface area contributed by atoms with E-state index in [4.69, 9.17) is 4.43 Å². The molecule has 0 aliphatic heterocycles. The summed E-state index contributed by atoms with van der Waals surface area (Å²) in [4.78, 5) is 0. The molecule has 0 saturated carbocycles. The molecule has 0 aliphatic carbocycles. The molecule has 2 heteroatoms. The second-order valence-electron chi connectivity index (χ2n) is 6.15. The van der Waals surface area contributed by atoms with Gasteiger partial charge in [0.25, 0.3) is 0 Å². The molecule has 0 unspecified atom stereocenters. The van der Waals surface area contributed by atoms with Gasteiger partial charge < -0.3 is 4.43 Å². The van der Waals surface area contributed by atoms with Gasteiger partial charge in [-0.25, -0.2) is 0 Å². The minimum atomic E-state index is -1.56. The molecular weight excluding hydrogens is 212 g/mol. The normalized spacial score (nSPS) is 15.7. The van der Waals surface area contributed by atoms with Crippen LogP contribution in [0.1, 0.15) is 47.5 Å². The van der Waals surface area contributed by atoms with Gasteiger partial charge in [0.05, 0.1) is 0 Å². The molecule has 0 heterocycles.